The van der Waals surface area contributed by atoms with Crippen molar-refractivity contribution in [2.75, 3.05) is 6.61 Å². The molecule has 0 spiro atoms. The standard InChI is InChI=1S/C15H21F2N3O3S/c1-5-22-11-8-9(6-7-10(11)23-13(16)17)12(21)19-20-14(24)18-15(2,3)4/h6-8,13H,5H2,1-4H3,(H,19,21)(H2,18,20,24). The second-order valence-electron chi connectivity index (χ2n) is 5.76. The molecule has 0 bridgehead atoms. The maximum absolute atomic E-state index is 12.4. The normalized spacial score (nSPS) is 11.0. The Hall–Kier alpha value is -2.16. The highest BCUT2D eigenvalue weighted by molar-refractivity contribution is 7.80. The van der Waals surface area contributed by atoms with Gasteiger partial charge in [-0.2, -0.15) is 8.78 Å². The Labute approximate surface area is 144 Å². The molecule has 0 fully saturated rings. The Morgan fingerprint density at radius 2 is 1.92 bits per heavy atom. The molecule has 0 heterocycles. The van der Waals surface area contributed by atoms with Crippen LogP contribution in [0.1, 0.15) is 38.1 Å². The third-order valence-corrected chi connectivity index (χ3v) is 2.70. The van der Waals surface area contributed by atoms with E-state index in [2.05, 4.69) is 20.9 Å². The summed E-state index contributed by atoms with van der Waals surface area (Å²) in [6.45, 7) is 4.70. The van der Waals surface area contributed by atoms with Gasteiger partial charge in [0.1, 0.15) is 0 Å². The summed E-state index contributed by atoms with van der Waals surface area (Å²) in [5, 5.41) is 3.21. The fraction of sp³-hybridized carbons (Fsp3) is 0.467. The van der Waals surface area contributed by atoms with E-state index in [1.54, 1.807) is 6.92 Å². The quantitative estimate of drug-likeness (QED) is 0.553. The van der Waals surface area contributed by atoms with Gasteiger partial charge in [0, 0.05) is 11.1 Å². The van der Waals surface area contributed by atoms with Gasteiger partial charge in [-0.15, -0.1) is 0 Å². The first-order valence-corrected chi connectivity index (χ1v) is 7.63. The number of hydrogen-bond donors (Lipinski definition) is 3. The summed E-state index contributed by atoms with van der Waals surface area (Å²) in [7, 11) is 0. The van der Waals surface area contributed by atoms with E-state index in [4.69, 9.17) is 17.0 Å². The molecule has 0 unspecified atom stereocenters. The lowest BCUT2D eigenvalue weighted by atomic mass is 10.1. The molecule has 0 saturated carbocycles. The topological polar surface area (TPSA) is 71.6 Å². The first kappa shape index (κ1) is 19.9. The van der Waals surface area contributed by atoms with Gasteiger partial charge >= 0.3 is 6.61 Å². The van der Waals surface area contributed by atoms with Crippen molar-refractivity contribution in [2.24, 2.45) is 0 Å². The van der Waals surface area contributed by atoms with Crippen molar-refractivity contribution in [3.63, 3.8) is 0 Å². The van der Waals surface area contributed by atoms with Gasteiger partial charge in [-0.25, -0.2) is 0 Å². The average Bonchev–Trinajstić information content (AvgIpc) is 2.44. The number of rotatable bonds is 5. The fourth-order valence-electron chi connectivity index (χ4n) is 1.67. The fourth-order valence-corrected chi connectivity index (χ4v) is 2.03. The van der Waals surface area contributed by atoms with Crippen molar-refractivity contribution < 1.29 is 23.0 Å². The Morgan fingerprint density at radius 1 is 1.25 bits per heavy atom. The van der Waals surface area contributed by atoms with E-state index < -0.39 is 12.5 Å². The molecule has 1 aromatic carbocycles. The van der Waals surface area contributed by atoms with Gasteiger partial charge < -0.3 is 14.8 Å². The van der Waals surface area contributed by atoms with Gasteiger partial charge in [-0.05, 0) is 58.1 Å². The van der Waals surface area contributed by atoms with Gasteiger partial charge in [0.25, 0.3) is 5.91 Å². The summed E-state index contributed by atoms with van der Waals surface area (Å²) >= 11 is 5.04. The van der Waals surface area contributed by atoms with Gasteiger partial charge in [0.2, 0.25) is 0 Å². The highest BCUT2D eigenvalue weighted by Crippen LogP contribution is 2.29. The molecule has 9 heteroatoms. The number of ether oxygens (including phenoxy) is 2. The summed E-state index contributed by atoms with van der Waals surface area (Å²) < 4.78 is 34.3. The molecule has 134 valence electrons. The minimum Gasteiger partial charge on any atom is -0.490 e. The van der Waals surface area contributed by atoms with Crippen molar-refractivity contribution in [2.45, 2.75) is 39.8 Å². The van der Waals surface area contributed by atoms with E-state index in [0.29, 0.717) is 0 Å². The predicted octanol–water partition coefficient (Wildman–Crippen LogP) is 2.59. The average molecular weight is 361 g/mol. The number of carbonyl (C=O) groups is 1. The second kappa shape index (κ2) is 8.62. The maximum Gasteiger partial charge on any atom is 0.387 e. The highest BCUT2D eigenvalue weighted by Gasteiger charge is 2.15. The van der Waals surface area contributed by atoms with Crippen LogP contribution in [0, 0.1) is 0 Å². The van der Waals surface area contributed by atoms with Gasteiger partial charge in [0.05, 0.1) is 6.61 Å². The minimum absolute atomic E-state index is 0.0563. The van der Waals surface area contributed by atoms with Crippen LogP contribution in [0.15, 0.2) is 18.2 Å². The number of alkyl halides is 2. The molecular weight excluding hydrogens is 340 g/mol. The summed E-state index contributed by atoms with van der Waals surface area (Å²) in [6, 6.07) is 3.91. The molecule has 1 aromatic rings. The van der Waals surface area contributed by atoms with Gasteiger partial charge in [0.15, 0.2) is 16.6 Å². The molecule has 0 aromatic heterocycles. The Balaban J connectivity index is 2.76. The molecule has 1 amide bonds. The van der Waals surface area contributed by atoms with Crippen molar-refractivity contribution in [1.82, 2.24) is 16.2 Å². The zero-order chi connectivity index (χ0) is 18.3. The smallest absolute Gasteiger partial charge is 0.387 e. The van der Waals surface area contributed by atoms with Gasteiger partial charge in [-0.1, -0.05) is 0 Å². The monoisotopic (exact) mass is 361 g/mol. The van der Waals surface area contributed by atoms with Crippen LogP contribution in [0.25, 0.3) is 0 Å². The van der Waals surface area contributed by atoms with Crippen molar-refractivity contribution in [1.29, 1.82) is 0 Å². The molecule has 0 atom stereocenters. The Kier molecular flexibility index (Phi) is 7.15. The van der Waals surface area contributed by atoms with Crippen LogP contribution in [-0.4, -0.2) is 29.8 Å². The molecule has 0 aliphatic heterocycles. The zero-order valence-corrected chi connectivity index (χ0v) is 14.7. The third kappa shape index (κ3) is 6.95. The van der Waals surface area contributed by atoms with Crippen LogP contribution in [-0.2, 0) is 0 Å². The van der Waals surface area contributed by atoms with Crippen LogP contribution in [0.3, 0.4) is 0 Å². The number of nitrogens with one attached hydrogen (secondary N) is 3. The third-order valence-electron chi connectivity index (χ3n) is 2.50. The van der Waals surface area contributed by atoms with Crippen LogP contribution in [0.4, 0.5) is 8.78 Å². The van der Waals surface area contributed by atoms with E-state index >= 15 is 0 Å². The summed E-state index contributed by atoms with van der Waals surface area (Å²) in [5.74, 6) is -0.584. The van der Waals surface area contributed by atoms with E-state index in [0.717, 1.165) is 0 Å². The van der Waals surface area contributed by atoms with Crippen LogP contribution in [0.5, 0.6) is 11.5 Å². The summed E-state index contributed by atoms with van der Waals surface area (Å²) in [4.78, 5) is 12.1. The van der Waals surface area contributed by atoms with Crippen molar-refractivity contribution >= 4 is 23.2 Å². The number of halogens is 2. The summed E-state index contributed by atoms with van der Waals surface area (Å²) in [6.07, 6.45) is 0. The zero-order valence-electron chi connectivity index (χ0n) is 13.9. The SMILES string of the molecule is CCOc1cc(C(=O)NNC(=S)NC(C)(C)C)ccc1OC(F)F. The molecule has 0 aliphatic rings. The number of thiocarbonyl (C=S) groups is 1. The van der Waals surface area contributed by atoms with Crippen LogP contribution in [0.2, 0.25) is 0 Å². The lowest BCUT2D eigenvalue weighted by Crippen LogP contribution is -2.52. The highest BCUT2D eigenvalue weighted by atomic mass is 32.1. The van der Waals surface area contributed by atoms with E-state index in [1.807, 2.05) is 20.8 Å². The molecule has 1 rings (SSSR count). The minimum atomic E-state index is -2.98. The summed E-state index contributed by atoms with van der Waals surface area (Å²) in [5.41, 5.74) is 4.92. The van der Waals surface area contributed by atoms with Crippen molar-refractivity contribution in [3.8, 4) is 11.5 Å². The lowest BCUT2D eigenvalue weighted by Gasteiger charge is -2.23. The molecule has 3 N–H and O–H groups in total. The first-order valence-electron chi connectivity index (χ1n) is 7.22. The van der Waals surface area contributed by atoms with Crippen LogP contribution >= 0.6 is 12.2 Å². The molecule has 6 nitrogen and oxygen atoms in total. The first-order chi connectivity index (χ1) is 11.1. The molecule has 0 radical (unpaired) electrons. The van der Waals surface area contributed by atoms with E-state index in [9.17, 15) is 13.6 Å². The lowest BCUT2D eigenvalue weighted by molar-refractivity contribution is -0.0514. The number of hydrazine groups is 1. The molecular formula is C15H21F2N3O3S. The molecule has 0 saturated heterocycles. The van der Waals surface area contributed by atoms with Crippen molar-refractivity contribution in [3.05, 3.63) is 23.8 Å². The van der Waals surface area contributed by atoms with Gasteiger partial charge in [-0.3, -0.25) is 15.6 Å². The Morgan fingerprint density at radius 3 is 2.46 bits per heavy atom. The Bertz CT molecular complexity index is 592. The predicted molar refractivity (Wildman–Crippen MR) is 90.3 cm³/mol. The molecule has 24 heavy (non-hydrogen) atoms. The largest absolute Gasteiger partial charge is 0.490 e. The maximum atomic E-state index is 12.4. The number of amides is 1. The number of benzene rings is 1. The molecule has 0 aliphatic carbocycles. The number of hydrogen-bond acceptors (Lipinski definition) is 4. The van der Waals surface area contributed by atoms with E-state index in [1.165, 1.54) is 18.2 Å². The van der Waals surface area contributed by atoms with E-state index in [-0.39, 0.29) is 34.3 Å². The van der Waals surface area contributed by atoms with Crippen LogP contribution < -0.4 is 25.6 Å². The second-order valence-corrected chi connectivity index (χ2v) is 6.16. The number of carbonyl (C=O) groups excluding carboxylic acids is 1.